The van der Waals surface area contributed by atoms with Crippen molar-refractivity contribution in [3.05, 3.63) is 89.5 Å². The van der Waals surface area contributed by atoms with Gasteiger partial charge >= 0.3 is 0 Å². The molecule has 0 radical (unpaired) electrons. The first-order valence-electron chi connectivity index (χ1n) is 7.33. The van der Waals surface area contributed by atoms with Gasteiger partial charge in [0.2, 0.25) is 0 Å². The summed E-state index contributed by atoms with van der Waals surface area (Å²) in [5, 5.41) is 34.3. The maximum Gasteiger partial charge on any atom is 0.0423 e. The first kappa shape index (κ1) is 15.0. The van der Waals surface area contributed by atoms with E-state index >= 15 is 0 Å². The second-order valence-electron chi connectivity index (χ2n) is 5.70. The Labute approximate surface area is 135 Å². The molecule has 0 saturated heterocycles. The average Bonchev–Trinajstić information content (AvgIpc) is 2.56. The SMILES string of the molecule is CC(c1ccc([O-])cc1)(c1ccc([O-])cc1)c1ccc([O-])cc1. The van der Waals surface area contributed by atoms with Gasteiger partial charge in [0.25, 0.3) is 0 Å². The van der Waals surface area contributed by atoms with Crippen LogP contribution in [-0.2, 0) is 5.41 Å². The monoisotopic (exact) mass is 303 g/mol. The fraction of sp³-hybridized carbons (Fsp3) is 0.100. The van der Waals surface area contributed by atoms with E-state index in [2.05, 4.69) is 0 Å². The van der Waals surface area contributed by atoms with E-state index < -0.39 is 5.41 Å². The molecule has 0 spiro atoms. The van der Waals surface area contributed by atoms with Crippen molar-refractivity contribution < 1.29 is 15.3 Å². The average molecular weight is 303 g/mol. The first-order chi connectivity index (χ1) is 11.0. The van der Waals surface area contributed by atoms with Gasteiger partial charge in [-0.3, -0.25) is 0 Å². The normalized spacial score (nSPS) is 11.3. The first-order valence-corrected chi connectivity index (χ1v) is 7.33. The van der Waals surface area contributed by atoms with E-state index in [1.54, 1.807) is 36.4 Å². The fourth-order valence-electron chi connectivity index (χ4n) is 2.86. The predicted octanol–water partition coefficient (Wildman–Crippen LogP) is 2.26. The van der Waals surface area contributed by atoms with Crippen LogP contribution in [0.25, 0.3) is 0 Å². The second-order valence-corrected chi connectivity index (χ2v) is 5.70. The number of hydrogen-bond acceptors (Lipinski definition) is 3. The standard InChI is InChI=1S/C20H18O3/c1-20(14-2-8-17(21)9-3-14,15-4-10-18(22)11-5-15)16-6-12-19(23)13-7-16/h2-13,21-23H,1H3/p-3. The van der Waals surface area contributed by atoms with Crippen molar-refractivity contribution in [2.24, 2.45) is 0 Å². The molecule has 0 unspecified atom stereocenters. The van der Waals surface area contributed by atoms with Crippen molar-refractivity contribution in [1.29, 1.82) is 0 Å². The summed E-state index contributed by atoms with van der Waals surface area (Å²) in [5.41, 5.74) is 2.22. The van der Waals surface area contributed by atoms with Crippen molar-refractivity contribution in [2.45, 2.75) is 12.3 Å². The molecule has 3 nitrogen and oxygen atoms in total. The molecule has 0 N–H and O–H groups in total. The molecule has 0 aliphatic rings. The maximum atomic E-state index is 11.4. The minimum absolute atomic E-state index is 0.0547. The highest BCUT2D eigenvalue weighted by molar-refractivity contribution is 5.51. The van der Waals surface area contributed by atoms with Gasteiger partial charge in [0.15, 0.2) is 0 Å². The van der Waals surface area contributed by atoms with Gasteiger partial charge in [0.05, 0.1) is 0 Å². The van der Waals surface area contributed by atoms with Gasteiger partial charge in [-0.25, -0.2) is 0 Å². The molecule has 0 aliphatic heterocycles. The molecule has 0 aliphatic carbocycles. The quantitative estimate of drug-likeness (QED) is 0.697. The summed E-state index contributed by atoms with van der Waals surface area (Å²) in [6, 6.07) is 19.9. The highest BCUT2D eigenvalue weighted by atomic mass is 16.3. The van der Waals surface area contributed by atoms with Gasteiger partial charge in [0.1, 0.15) is 0 Å². The summed E-state index contributed by atoms with van der Waals surface area (Å²) in [7, 11) is 0. The molecule has 3 aromatic carbocycles. The van der Waals surface area contributed by atoms with Crippen molar-refractivity contribution in [3.8, 4) is 17.2 Å². The molecule has 23 heavy (non-hydrogen) atoms. The highest BCUT2D eigenvalue weighted by Gasteiger charge is 2.30. The van der Waals surface area contributed by atoms with Crippen LogP contribution in [0.2, 0.25) is 0 Å². The van der Waals surface area contributed by atoms with Gasteiger partial charge in [0, 0.05) is 5.41 Å². The molecular formula is C20H15O3-3. The Morgan fingerprint density at radius 2 is 0.696 bits per heavy atom. The Morgan fingerprint density at radius 3 is 0.913 bits per heavy atom. The lowest BCUT2D eigenvalue weighted by Gasteiger charge is -2.33. The van der Waals surface area contributed by atoms with E-state index in [4.69, 9.17) is 0 Å². The largest absolute Gasteiger partial charge is 0.872 e. The lowest BCUT2D eigenvalue weighted by atomic mass is 9.71. The molecule has 0 amide bonds. The van der Waals surface area contributed by atoms with Crippen LogP contribution in [0.5, 0.6) is 17.2 Å². The Hall–Kier alpha value is -2.94. The number of benzene rings is 3. The number of rotatable bonds is 3. The fourth-order valence-corrected chi connectivity index (χ4v) is 2.86. The maximum absolute atomic E-state index is 11.4. The third-order valence-electron chi connectivity index (χ3n) is 4.29. The van der Waals surface area contributed by atoms with Crippen LogP contribution in [0.15, 0.2) is 72.8 Å². The third kappa shape index (κ3) is 2.73. The molecule has 0 fully saturated rings. The van der Waals surface area contributed by atoms with E-state index in [-0.39, 0.29) is 17.2 Å². The van der Waals surface area contributed by atoms with Crippen LogP contribution in [0.1, 0.15) is 23.6 Å². The minimum Gasteiger partial charge on any atom is -0.872 e. The van der Waals surface area contributed by atoms with Gasteiger partial charge in [-0.1, -0.05) is 72.8 Å². The van der Waals surface area contributed by atoms with Gasteiger partial charge in [-0.15, -0.1) is 17.2 Å². The summed E-state index contributed by atoms with van der Waals surface area (Å²) in [6.07, 6.45) is 0. The molecular weight excluding hydrogens is 288 g/mol. The molecule has 0 aromatic heterocycles. The van der Waals surface area contributed by atoms with Crippen LogP contribution in [-0.4, -0.2) is 0 Å². The molecule has 3 aromatic rings. The lowest BCUT2D eigenvalue weighted by Crippen LogP contribution is -2.25. The number of hydrogen-bond donors (Lipinski definition) is 0. The molecule has 3 heteroatoms. The van der Waals surface area contributed by atoms with E-state index in [9.17, 15) is 15.3 Å². The Balaban J connectivity index is 2.21. The van der Waals surface area contributed by atoms with Crippen LogP contribution < -0.4 is 15.3 Å². The van der Waals surface area contributed by atoms with Crippen LogP contribution in [0.4, 0.5) is 0 Å². The predicted molar refractivity (Wildman–Crippen MR) is 83.2 cm³/mol. The Morgan fingerprint density at radius 1 is 0.478 bits per heavy atom. The van der Waals surface area contributed by atoms with Crippen molar-refractivity contribution in [2.75, 3.05) is 0 Å². The minimum atomic E-state index is -0.560. The van der Waals surface area contributed by atoms with E-state index in [1.807, 2.05) is 6.92 Å². The Bertz CT molecular complexity index is 677. The van der Waals surface area contributed by atoms with Crippen LogP contribution in [0.3, 0.4) is 0 Å². The third-order valence-corrected chi connectivity index (χ3v) is 4.29. The molecule has 3 rings (SSSR count). The zero-order chi connectivity index (χ0) is 16.4. The second kappa shape index (κ2) is 5.69. The van der Waals surface area contributed by atoms with Crippen LogP contribution >= 0.6 is 0 Å². The Kier molecular flexibility index (Phi) is 3.70. The summed E-state index contributed by atoms with van der Waals surface area (Å²) >= 11 is 0. The summed E-state index contributed by atoms with van der Waals surface area (Å²) in [5.74, 6) is -0.164. The van der Waals surface area contributed by atoms with Crippen LogP contribution in [0, 0.1) is 0 Å². The molecule has 0 saturated carbocycles. The molecule has 116 valence electrons. The lowest BCUT2D eigenvalue weighted by molar-refractivity contribution is -0.268. The van der Waals surface area contributed by atoms with Gasteiger partial charge in [-0.05, 0) is 23.6 Å². The summed E-state index contributed by atoms with van der Waals surface area (Å²) in [4.78, 5) is 0. The highest BCUT2D eigenvalue weighted by Crippen LogP contribution is 2.39. The molecule has 0 heterocycles. The summed E-state index contributed by atoms with van der Waals surface area (Å²) in [6.45, 7) is 2.02. The van der Waals surface area contributed by atoms with Gasteiger partial charge in [-0.2, -0.15) is 0 Å². The van der Waals surface area contributed by atoms with Crippen molar-refractivity contribution in [1.82, 2.24) is 0 Å². The topological polar surface area (TPSA) is 69.2 Å². The summed E-state index contributed by atoms with van der Waals surface area (Å²) < 4.78 is 0. The van der Waals surface area contributed by atoms with E-state index in [0.29, 0.717) is 0 Å². The zero-order valence-corrected chi connectivity index (χ0v) is 12.7. The van der Waals surface area contributed by atoms with E-state index in [1.165, 1.54) is 36.4 Å². The zero-order valence-electron chi connectivity index (χ0n) is 12.7. The van der Waals surface area contributed by atoms with E-state index in [0.717, 1.165) is 16.7 Å². The molecule has 0 bridgehead atoms. The van der Waals surface area contributed by atoms with Crippen molar-refractivity contribution >= 4 is 0 Å². The van der Waals surface area contributed by atoms with Gasteiger partial charge < -0.3 is 15.3 Å². The smallest absolute Gasteiger partial charge is 0.0423 e. The van der Waals surface area contributed by atoms with Crippen molar-refractivity contribution in [3.63, 3.8) is 0 Å². The molecule has 0 atom stereocenters.